The summed E-state index contributed by atoms with van der Waals surface area (Å²) in [5, 5.41) is 3.63. The lowest BCUT2D eigenvalue weighted by Gasteiger charge is -2.03. The van der Waals surface area contributed by atoms with Gasteiger partial charge in [-0.25, -0.2) is 4.39 Å². The van der Waals surface area contributed by atoms with E-state index in [1.165, 1.54) is 12.1 Å². The number of nitrogens with zero attached hydrogens (tertiary/aromatic N) is 2. The van der Waals surface area contributed by atoms with Crippen LogP contribution < -0.4 is 4.74 Å². The van der Waals surface area contributed by atoms with Crippen LogP contribution >= 0.6 is 15.9 Å². The van der Waals surface area contributed by atoms with E-state index in [0.29, 0.717) is 21.9 Å². The third kappa shape index (κ3) is 2.57. The van der Waals surface area contributed by atoms with E-state index >= 15 is 0 Å². The van der Waals surface area contributed by atoms with Crippen LogP contribution in [0.5, 0.6) is 5.75 Å². The highest BCUT2D eigenvalue weighted by Gasteiger charge is 2.05. The Bertz CT molecular complexity index is 501. The van der Waals surface area contributed by atoms with Crippen LogP contribution in [0.4, 0.5) is 4.39 Å². The van der Waals surface area contributed by atoms with Gasteiger partial charge in [0.1, 0.15) is 11.6 Å². The first-order valence-corrected chi connectivity index (χ1v) is 5.31. The van der Waals surface area contributed by atoms with Crippen molar-refractivity contribution in [3.05, 3.63) is 40.2 Å². The molecule has 0 saturated carbocycles. The molecule has 0 bridgehead atoms. The summed E-state index contributed by atoms with van der Waals surface area (Å²) in [7, 11) is 0. The first-order chi connectivity index (χ1) is 7.65. The molecule has 1 aromatic carbocycles. The topological polar surface area (TPSA) is 48.2 Å². The highest BCUT2D eigenvalue weighted by atomic mass is 79.9. The normalized spacial score (nSPS) is 10.4. The second-order valence-electron chi connectivity index (χ2n) is 3.10. The molecule has 0 N–H and O–H groups in total. The fourth-order valence-electron chi connectivity index (χ4n) is 1.11. The Morgan fingerprint density at radius 1 is 1.50 bits per heavy atom. The van der Waals surface area contributed by atoms with Gasteiger partial charge in [0.15, 0.2) is 12.4 Å². The Balaban J connectivity index is 2.02. The summed E-state index contributed by atoms with van der Waals surface area (Å²) in [5.74, 6) is 1.14. The van der Waals surface area contributed by atoms with Gasteiger partial charge in [0, 0.05) is 0 Å². The predicted octanol–water partition coefficient (Wildman–Crippen LogP) is 2.86. The van der Waals surface area contributed by atoms with E-state index in [1.807, 2.05) is 0 Å². The molecule has 2 aromatic rings. The quantitative estimate of drug-likeness (QED) is 0.871. The van der Waals surface area contributed by atoms with Crippen LogP contribution in [-0.4, -0.2) is 10.1 Å². The van der Waals surface area contributed by atoms with Gasteiger partial charge in [-0.05, 0) is 41.1 Å². The van der Waals surface area contributed by atoms with E-state index in [4.69, 9.17) is 9.26 Å². The maximum atomic E-state index is 12.9. The van der Waals surface area contributed by atoms with Gasteiger partial charge in [0.25, 0.3) is 5.89 Å². The molecule has 84 valence electrons. The maximum Gasteiger partial charge on any atom is 0.264 e. The zero-order valence-corrected chi connectivity index (χ0v) is 9.99. The van der Waals surface area contributed by atoms with Gasteiger partial charge in [0.05, 0.1) is 4.47 Å². The summed E-state index contributed by atoms with van der Waals surface area (Å²) < 4.78 is 23.5. The molecule has 16 heavy (non-hydrogen) atoms. The minimum Gasteiger partial charge on any atom is -0.484 e. The van der Waals surface area contributed by atoms with Gasteiger partial charge in [-0.1, -0.05) is 5.16 Å². The van der Waals surface area contributed by atoms with Gasteiger partial charge >= 0.3 is 0 Å². The summed E-state index contributed by atoms with van der Waals surface area (Å²) in [6.45, 7) is 1.89. The average Bonchev–Trinajstić information content (AvgIpc) is 2.66. The number of hydrogen-bond donors (Lipinski definition) is 0. The van der Waals surface area contributed by atoms with E-state index in [-0.39, 0.29) is 12.4 Å². The van der Waals surface area contributed by atoms with Crippen LogP contribution in [0.3, 0.4) is 0 Å². The molecule has 0 saturated heterocycles. The van der Waals surface area contributed by atoms with Crippen molar-refractivity contribution in [3.8, 4) is 5.75 Å². The van der Waals surface area contributed by atoms with Crippen molar-refractivity contribution >= 4 is 15.9 Å². The third-order valence-electron chi connectivity index (χ3n) is 1.82. The molecule has 0 spiro atoms. The maximum absolute atomic E-state index is 12.9. The summed E-state index contributed by atoms with van der Waals surface area (Å²) in [6, 6.07) is 4.39. The first-order valence-electron chi connectivity index (χ1n) is 4.52. The fourth-order valence-corrected chi connectivity index (χ4v) is 1.47. The molecule has 0 aliphatic carbocycles. The highest BCUT2D eigenvalue weighted by Crippen LogP contribution is 2.22. The molecule has 0 aliphatic heterocycles. The zero-order chi connectivity index (χ0) is 11.5. The van der Waals surface area contributed by atoms with E-state index in [0.717, 1.165) is 0 Å². The van der Waals surface area contributed by atoms with Crippen molar-refractivity contribution in [2.45, 2.75) is 13.5 Å². The van der Waals surface area contributed by atoms with Crippen LogP contribution in [0.15, 0.2) is 27.2 Å². The largest absolute Gasteiger partial charge is 0.484 e. The number of rotatable bonds is 3. The summed E-state index contributed by atoms with van der Waals surface area (Å²) in [5.41, 5.74) is 0. The van der Waals surface area contributed by atoms with Crippen molar-refractivity contribution in [3.63, 3.8) is 0 Å². The molecule has 0 fully saturated rings. The molecule has 0 radical (unpaired) electrons. The second kappa shape index (κ2) is 4.61. The highest BCUT2D eigenvalue weighted by molar-refractivity contribution is 9.10. The predicted molar refractivity (Wildman–Crippen MR) is 57.5 cm³/mol. The second-order valence-corrected chi connectivity index (χ2v) is 3.95. The molecule has 1 heterocycles. The molecular weight excluding hydrogens is 279 g/mol. The summed E-state index contributed by atoms with van der Waals surface area (Å²) in [6.07, 6.45) is 0. The lowest BCUT2D eigenvalue weighted by molar-refractivity contribution is 0.242. The zero-order valence-electron chi connectivity index (χ0n) is 8.41. The summed E-state index contributed by atoms with van der Waals surface area (Å²) in [4.78, 5) is 3.98. The van der Waals surface area contributed by atoms with Crippen molar-refractivity contribution < 1.29 is 13.7 Å². The average molecular weight is 287 g/mol. The monoisotopic (exact) mass is 286 g/mol. The van der Waals surface area contributed by atoms with Gasteiger partial charge in [-0.15, -0.1) is 0 Å². The number of hydrogen-bond acceptors (Lipinski definition) is 4. The smallest absolute Gasteiger partial charge is 0.264 e. The van der Waals surface area contributed by atoms with E-state index < -0.39 is 0 Å². The standard InChI is InChI=1S/C10H8BrFN2O2/c1-6-13-10(16-14-6)5-15-7-2-3-9(12)8(11)4-7/h2-4H,5H2,1H3. The Morgan fingerprint density at radius 2 is 2.31 bits per heavy atom. The van der Waals surface area contributed by atoms with Crippen molar-refractivity contribution in [1.82, 2.24) is 10.1 Å². The lowest BCUT2D eigenvalue weighted by Crippen LogP contribution is -1.96. The number of ether oxygens (including phenoxy) is 1. The van der Waals surface area contributed by atoms with Crippen LogP contribution in [0.25, 0.3) is 0 Å². The Labute approximate surface area is 99.5 Å². The summed E-state index contributed by atoms with van der Waals surface area (Å²) >= 11 is 3.07. The molecule has 6 heteroatoms. The SMILES string of the molecule is Cc1noc(COc2ccc(F)c(Br)c2)n1. The number of aromatic nitrogens is 2. The van der Waals surface area contributed by atoms with E-state index in [1.54, 1.807) is 13.0 Å². The van der Waals surface area contributed by atoms with Crippen LogP contribution in [0.1, 0.15) is 11.7 Å². The molecule has 2 rings (SSSR count). The van der Waals surface area contributed by atoms with Crippen LogP contribution in [0.2, 0.25) is 0 Å². The van der Waals surface area contributed by atoms with E-state index in [2.05, 4.69) is 26.1 Å². The minimum atomic E-state index is -0.332. The Hall–Kier alpha value is -1.43. The molecular formula is C10H8BrFN2O2. The van der Waals surface area contributed by atoms with Gasteiger partial charge in [0.2, 0.25) is 0 Å². The molecule has 0 amide bonds. The molecule has 1 aromatic heterocycles. The Kier molecular flexibility index (Phi) is 3.19. The van der Waals surface area contributed by atoms with Gasteiger partial charge in [-0.2, -0.15) is 4.98 Å². The van der Waals surface area contributed by atoms with Gasteiger partial charge in [-0.3, -0.25) is 0 Å². The number of halogens is 2. The van der Waals surface area contributed by atoms with Crippen LogP contribution in [0, 0.1) is 12.7 Å². The number of aryl methyl sites for hydroxylation is 1. The molecule has 0 unspecified atom stereocenters. The minimum absolute atomic E-state index is 0.166. The fraction of sp³-hybridized carbons (Fsp3) is 0.200. The lowest BCUT2D eigenvalue weighted by atomic mass is 10.3. The van der Waals surface area contributed by atoms with Crippen LogP contribution in [-0.2, 0) is 6.61 Å². The van der Waals surface area contributed by atoms with Crippen molar-refractivity contribution in [2.24, 2.45) is 0 Å². The number of benzene rings is 1. The van der Waals surface area contributed by atoms with Gasteiger partial charge < -0.3 is 9.26 Å². The molecule has 0 atom stereocenters. The van der Waals surface area contributed by atoms with Crippen molar-refractivity contribution in [1.29, 1.82) is 0 Å². The molecule has 4 nitrogen and oxygen atoms in total. The third-order valence-corrected chi connectivity index (χ3v) is 2.43. The molecule has 0 aliphatic rings. The Morgan fingerprint density at radius 3 is 2.94 bits per heavy atom. The first kappa shape index (κ1) is 11.1. The van der Waals surface area contributed by atoms with E-state index in [9.17, 15) is 4.39 Å². The van der Waals surface area contributed by atoms with Crippen molar-refractivity contribution in [2.75, 3.05) is 0 Å².